The minimum Gasteiger partial charge on any atom is -0.318 e. The molecule has 2 aromatic heterocycles. The normalized spacial score (nSPS) is 11.5. The predicted molar refractivity (Wildman–Crippen MR) is 103 cm³/mol. The molecule has 0 spiro atoms. The van der Waals surface area contributed by atoms with Crippen LogP contribution in [-0.4, -0.2) is 25.7 Å². The van der Waals surface area contributed by atoms with E-state index in [0.717, 1.165) is 39.4 Å². The molecule has 0 radical (unpaired) electrons. The van der Waals surface area contributed by atoms with Gasteiger partial charge in [0.25, 0.3) is 0 Å². The van der Waals surface area contributed by atoms with E-state index >= 15 is 0 Å². The van der Waals surface area contributed by atoms with E-state index in [1.54, 1.807) is 4.68 Å². The van der Waals surface area contributed by atoms with E-state index in [0.29, 0.717) is 4.77 Å². The summed E-state index contributed by atoms with van der Waals surface area (Å²) in [7, 11) is 0. The van der Waals surface area contributed by atoms with Gasteiger partial charge in [-0.05, 0) is 56.4 Å². The monoisotopic (exact) mass is 403 g/mol. The van der Waals surface area contributed by atoms with Crippen molar-refractivity contribution in [3.8, 4) is 5.69 Å². The third kappa shape index (κ3) is 3.14. The Kier molecular flexibility index (Phi) is 4.82. The van der Waals surface area contributed by atoms with Crippen molar-refractivity contribution in [1.29, 1.82) is 0 Å². The summed E-state index contributed by atoms with van der Waals surface area (Å²) in [5, 5.41) is 11.5. The number of nitrogens with zero attached hydrogens (tertiary/aromatic N) is 4. The number of hydrogen-bond acceptors (Lipinski definition) is 3. The van der Waals surface area contributed by atoms with Crippen molar-refractivity contribution < 1.29 is 0 Å². The molecule has 0 aliphatic heterocycles. The second-order valence-corrected chi connectivity index (χ2v) is 6.80. The van der Waals surface area contributed by atoms with Gasteiger partial charge in [0.05, 0.1) is 6.21 Å². The van der Waals surface area contributed by atoms with E-state index in [2.05, 4.69) is 67.8 Å². The van der Waals surface area contributed by atoms with Gasteiger partial charge in [0, 0.05) is 33.5 Å². The molecule has 0 aliphatic rings. The Labute approximate surface area is 154 Å². The Morgan fingerprint density at radius 2 is 2.00 bits per heavy atom. The van der Waals surface area contributed by atoms with Crippen LogP contribution in [0.5, 0.6) is 0 Å². The first kappa shape index (κ1) is 16.9. The number of benzene rings is 1. The van der Waals surface area contributed by atoms with Crippen LogP contribution in [0, 0.1) is 18.6 Å². The van der Waals surface area contributed by atoms with Crippen molar-refractivity contribution in [1.82, 2.24) is 19.4 Å². The Morgan fingerprint density at radius 1 is 1.29 bits per heavy atom. The lowest BCUT2D eigenvalue weighted by molar-refractivity contribution is 0.780. The van der Waals surface area contributed by atoms with Crippen LogP contribution in [0.4, 0.5) is 0 Å². The molecule has 3 aromatic rings. The van der Waals surface area contributed by atoms with Crippen molar-refractivity contribution in [2.45, 2.75) is 27.2 Å². The third-order valence-electron chi connectivity index (χ3n) is 3.90. The van der Waals surface area contributed by atoms with Crippen molar-refractivity contribution in [2.75, 3.05) is 0 Å². The Morgan fingerprint density at radius 3 is 2.67 bits per heavy atom. The van der Waals surface area contributed by atoms with Gasteiger partial charge in [-0.1, -0.05) is 22.9 Å². The highest BCUT2D eigenvalue weighted by Crippen LogP contribution is 2.21. The number of H-pyrrole nitrogens is 1. The second-order valence-electron chi connectivity index (χ2n) is 5.49. The summed E-state index contributed by atoms with van der Waals surface area (Å²) >= 11 is 8.70. The van der Waals surface area contributed by atoms with Crippen LogP contribution in [0.25, 0.3) is 5.69 Å². The van der Waals surface area contributed by atoms with E-state index in [1.165, 1.54) is 0 Å². The molecule has 0 saturated carbocycles. The summed E-state index contributed by atoms with van der Waals surface area (Å²) in [6.45, 7) is 6.20. The topological polar surface area (TPSA) is 50.9 Å². The minimum absolute atomic E-state index is 0.504. The average Bonchev–Trinajstić information content (AvgIpc) is 3.06. The quantitative estimate of drug-likeness (QED) is 0.512. The molecule has 124 valence electrons. The zero-order valence-corrected chi connectivity index (χ0v) is 16.1. The molecule has 1 N–H and O–H groups in total. The van der Waals surface area contributed by atoms with Gasteiger partial charge in [0.2, 0.25) is 4.77 Å². The SMILES string of the molecule is CCc1n[nH]c(=S)n1N=Cc1cc(C)n(-c2ccc(Br)cc2)c1C. The lowest BCUT2D eigenvalue weighted by atomic mass is 10.2. The molecule has 2 heterocycles. The number of aromatic nitrogens is 4. The van der Waals surface area contributed by atoms with Crippen LogP contribution in [0.1, 0.15) is 29.7 Å². The van der Waals surface area contributed by atoms with Crippen molar-refractivity contribution in [3.63, 3.8) is 0 Å². The van der Waals surface area contributed by atoms with Gasteiger partial charge in [-0.2, -0.15) is 14.9 Å². The molecule has 24 heavy (non-hydrogen) atoms. The van der Waals surface area contributed by atoms with Gasteiger partial charge in [0.1, 0.15) is 0 Å². The van der Waals surface area contributed by atoms with E-state index in [1.807, 2.05) is 25.3 Å². The van der Waals surface area contributed by atoms with Gasteiger partial charge in [0.15, 0.2) is 5.82 Å². The summed E-state index contributed by atoms with van der Waals surface area (Å²) in [6, 6.07) is 10.4. The number of hydrogen-bond donors (Lipinski definition) is 1. The number of nitrogens with one attached hydrogen (secondary N) is 1. The van der Waals surface area contributed by atoms with Crippen LogP contribution < -0.4 is 0 Å². The molecule has 0 saturated heterocycles. The van der Waals surface area contributed by atoms with Crippen LogP contribution in [0.3, 0.4) is 0 Å². The van der Waals surface area contributed by atoms with Crippen LogP contribution in [-0.2, 0) is 6.42 Å². The fourth-order valence-corrected chi connectivity index (χ4v) is 3.16. The van der Waals surface area contributed by atoms with Gasteiger partial charge in [-0.3, -0.25) is 5.10 Å². The zero-order valence-electron chi connectivity index (χ0n) is 13.7. The van der Waals surface area contributed by atoms with Crippen LogP contribution in [0.15, 0.2) is 39.9 Å². The maximum absolute atomic E-state index is 5.23. The first-order valence-corrected chi connectivity index (χ1v) is 8.87. The molecule has 0 bridgehead atoms. The molecule has 5 nitrogen and oxygen atoms in total. The maximum atomic E-state index is 5.23. The highest BCUT2D eigenvalue weighted by atomic mass is 79.9. The lowest BCUT2D eigenvalue weighted by Crippen LogP contribution is -2.00. The van der Waals surface area contributed by atoms with Gasteiger partial charge < -0.3 is 4.57 Å². The van der Waals surface area contributed by atoms with E-state index in [-0.39, 0.29) is 0 Å². The lowest BCUT2D eigenvalue weighted by Gasteiger charge is -2.09. The average molecular weight is 404 g/mol. The molecule has 3 rings (SSSR count). The third-order valence-corrected chi connectivity index (χ3v) is 4.69. The fraction of sp³-hybridized carbons (Fsp3) is 0.235. The fourth-order valence-electron chi connectivity index (χ4n) is 2.70. The summed E-state index contributed by atoms with van der Waals surface area (Å²) in [5.41, 5.74) is 4.47. The molecule has 1 aromatic carbocycles. The van der Waals surface area contributed by atoms with Gasteiger partial charge in [-0.15, -0.1) is 0 Å². The minimum atomic E-state index is 0.504. The van der Waals surface area contributed by atoms with Crippen LogP contribution >= 0.6 is 28.1 Å². The summed E-state index contributed by atoms with van der Waals surface area (Å²) in [6.07, 6.45) is 2.60. The summed E-state index contributed by atoms with van der Waals surface area (Å²) in [5.74, 6) is 0.818. The van der Waals surface area contributed by atoms with Crippen LogP contribution in [0.2, 0.25) is 0 Å². The molecule has 7 heteroatoms. The molecule has 0 amide bonds. The zero-order chi connectivity index (χ0) is 17.3. The molecular weight excluding hydrogens is 386 g/mol. The number of halogens is 1. The Hall–Kier alpha value is -1.99. The molecule has 0 fully saturated rings. The number of aryl methyl sites for hydroxylation is 2. The predicted octanol–water partition coefficient (Wildman–Crippen LogP) is 4.56. The number of aromatic amines is 1. The molecule has 0 unspecified atom stereocenters. The van der Waals surface area contributed by atoms with Crippen molar-refractivity contribution >= 4 is 34.4 Å². The molecular formula is C17H18BrN5S. The Bertz CT molecular complexity index is 947. The second kappa shape index (κ2) is 6.86. The van der Waals surface area contributed by atoms with Crippen molar-refractivity contribution in [3.05, 3.63) is 62.4 Å². The summed E-state index contributed by atoms with van der Waals surface area (Å²) in [4.78, 5) is 0. The highest BCUT2D eigenvalue weighted by molar-refractivity contribution is 9.10. The first-order chi connectivity index (χ1) is 11.5. The van der Waals surface area contributed by atoms with E-state index in [9.17, 15) is 0 Å². The van der Waals surface area contributed by atoms with E-state index < -0.39 is 0 Å². The first-order valence-electron chi connectivity index (χ1n) is 7.66. The highest BCUT2D eigenvalue weighted by Gasteiger charge is 2.10. The standard InChI is InChI=1S/C17H18BrN5S/c1-4-16-20-21-17(24)23(16)19-10-13-9-11(2)22(12(13)3)15-7-5-14(18)6-8-15/h5-10H,4H2,1-3H3,(H,21,24). The van der Waals surface area contributed by atoms with Crippen molar-refractivity contribution in [2.24, 2.45) is 5.10 Å². The van der Waals surface area contributed by atoms with Gasteiger partial charge in [-0.25, -0.2) is 0 Å². The van der Waals surface area contributed by atoms with Gasteiger partial charge >= 0.3 is 0 Å². The van der Waals surface area contributed by atoms with E-state index in [4.69, 9.17) is 12.2 Å². The number of rotatable bonds is 4. The Balaban J connectivity index is 2.00. The largest absolute Gasteiger partial charge is 0.318 e. The summed E-state index contributed by atoms with van der Waals surface area (Å²) < 4.78 is 5.45. The molecule has 0 atom stereocenters. The smallest absolute Gasteiger partial charge is 0.216 e. The molecule has 0 aliphatic carbocycles. The maximum Gasteiger partial charge on any atom is 0.216 e.